The van der Waals surface area contributed by atoms with Gasteiger partial charge in [0.05, 0.1) is 12.1 Å². The van der Waals surface area contributed by atoms with Gasteiger partial charge in [-0.1, -0.05) is 24.3 Å². The zero-order chi connectivity index (χ0) is 17.8. The average molecular weight is 353 g/mol. The topological polar surface area (TPSA) is 56.1 Å². The number of carbonyl (C=O) groups excluding carboxylic acids is 1. The molecule has 1 amide bonds. The summed E-state index contributed by atoms with van der Waals surface area (Å²) in [6, 6.07) is 10.5. The van der Waals surface area contributed by atoms with Gasteiger partial charge in [0.1, 0.15) is 11.1 Å². The van der Waals surface area contributed by atoms with E-state index < -0.39 is 0 Å². The lowest BCUT2D eigenvalue weighted by molar-refractivity contribution is -0.117. The summed E-state index contributed by atoms with van der Waals surface area (Å²) in [4.78, 5) is 15.7. The maximum atomic E-state index is 12.4. The first-order valence-corrected chi connectivity index (χ1v) is 9.47. The number of carbonyl (C=O) groups is 1. The first-order valence-electron chi connectivity index (χ1n) is 8.66. The number of thiophene rings is 1. The molecule has 1 N–H and O–H groups in total. The van der Waals surface area contributed by atoms with Gasteiger partial charge in [0.15, 0.2) is 0 Å². The van der Waals surface area contributed by atoms with Gasteiger partial charge in [-0.2, -0.15) is 5.26 Å². The van der Waals surface area contributed by atoms with Crippen LogP contribution in [0.15, 0.2) is 24.3 Å². The van der Waals surface area contributed by atoms with Crippen molar-refractivity contribution in [3.05, 3.63) is 51.4 Å². The van der Waals surface area contributed by atoms with Gasteiger partial charge in [0.25, 0.3) is 0 Å². The van der Waals surface area contributed by atoms with Crippen LogP contribution in [0.25, 0.3) is 0 Å². The van der Waals surface area contributed by atoms with Crippen LogP contribution in [0.3, 0.4) is 0 Å². The van der Waals surface area contributed by atoms with E-state index in [2.05, 4.69) is 30.4 Å². The smallest absolute Gasteiger partial charge is 0.239 e. The zero-order valence-electron chi connectivity index (χ0n) is 14.8. The molecule has 3 rings (SSSR count). The number of nitrogens with one attached hydrogen (secondary N) is 1. The summed E-state index contributed by atoms with van der Waals surface area (Å²) in [5, 5.41) is 13.2. The molecule has 4 nitrogen and oxygen atoms in total. The van der Waals surface area contributed by atoms with Crippen LogP contribution in [0.2, 0.25) is 0 Å². The molecule has 0 unspecified atom stereocenters. The van der Waals surface area contributed by atoms with Crippen LogP contribution < -0.4 is 5.32 Å². The largest absolute Gasteiger partial charge is 0.315 e. The Labute approximate surface area is 153 Å². The highest BCUT2D eigenvalue weighted by molar-refractivity contribution is 7.16. The average Bonchev–Trinajstić information content (AvgIpc) is 2.93. The van der Waals surface area contributed by atoms with Crippen molar-refractivity contribution in [1.29, 1.82) is 5.26 Å². The van der Waals surface area contributed by atoms with Gasteiger partial charge in [-0.3, -0.25) is 9.69 Å². The van der Waals surface area contributed by atoms with E-state index in [9.17, 15) is 10.1 Å². The summed E-state index contributed by atoms with van der Waals surface area (Å²) in [7, 11) is 1.94. The third-order valence-electron chi connectivity index (χ3n) is 4.65. The summed E-state index contributed by atoms with van der Waals surface area (Å²) >= 11 is 1.58. The maximum absolute atomic E-state index is 12.4. The fourth-order valence-corrected chi connectivity index (χ4v) is 4.57. The normalized spacial score (nSPS) is 13.4. The van der Waals surface area contributed by atoms with Gasteiger partial charge >= 0.3 is 0 Å². The van der Waals surface area contributed by atoms with Crippen LogP contribution >= 0.6 is 11.3 Å². The molecule has 0 fully saturated rings. The Bertz CT molecular complexity index is 819. The lowest BCUT2D eigenvalue weighted by atomic mass is 9.96. The molecule has 1 heterocycles. The SMILES string of the molecule is Cc1ccccc1CN(C)CC(=O)Nc1sc2c(c1C#N)CCCC2. The van der Waals surface area contributed by atoms with Crippen LogP contribution in [0, 0.1) is 18.3 Å². The molecular formula is C20H23N3OS. The molecule has 1 aliphatic rings. The fourth-order valence-electron chi connectivity index (χ4n) is 3.32. The molecule has 2 aromatic rings. The number of benzene rings is 1. The van der Waals surface area contributed by atoms with Crippen LogP contribution in [0.4, 0.5) is 5.00 Å². The van der Waals surface area contributed by atoms with Crippen molar-refractivity contribution in [2.45, 2.75) is 39.2 Å². The second-order valence-electron chi connectivity index (χ2n) is 6.67. The minimum Gasteiger partial charge on any atom is -0.315 e. The number of aryl methyl sites for hydroxylation is 2. The molecule has 0 radical (unpaired) electrons. The molecular weight excluding hydrogens is 330 g/mol. The van der Waals surface area contributed by atoms with Crippen LogP contribution in [0.5, 0.6) is 0 Å². The number of hydrogen-bond acceptors (Lipinski definition) is 4. The van der Waals surface area contributed by atoms with Crippen LogP contribution in [-0.4, -0.2) is 24.4 Å². The second kappa shape index (κ2) is 7.81. The van der Waals surface area contributed by atoms with E-state index in [4.69, 9.17) is 0 Å². The predicted octanol–water partition coefficient (Wildman–Crippen LogP) is 3.88. The predicted molar refractivity (Wildman–Crippen MR) is 102 cm³/mol. The Hall–Kier alpha value is -2.16. The van der Waals surface area contributed by atoms with Gasteiger partial charge in [-0.25, -0.2) is 0 Å². The molecule has 1 aliphatic carbocycles. The lowest BCUT2D eigenvalue weighted by Gasteiger charge is -2.17. The summed E-state index contributed by atoms with van der Waals surface area (Å²) in [6.45, 7) is 3.12. The van der Waals surface area contributed by atoms with Crippen molar-refractivity contribution in [2.75, 3.05) is 18.9 Å². The van der Waals surface area contributed by atoms with E-state index in [1.165, 1.54) is 22.4 Å². The zero-order valence-corrected chi connectivity index (χ0v) is 15.6. The number of likely N-dealkylation sites (N-methyl/N-ethyl adjacent to an activating group) is 1. The van der Waals surface area contributed by atoms with Crippen molar-refractivity contribution in [2.24, 2.45) is 0 Å². The third kappa shape index (κ3) is 4.09. The molecule has 0 saturated heterocycles. The lowest BCUT2D eigenvalue weighted by Crippen LogP contribution is -2.30. The van der Waals surface area contributed by atoms with E-state index >= 15 is 0 Å². The Morgan fingerprint density at radius 3 is 2.84 bits per heavy atom. The summed E-state index contributed by atoms with van der Waals surface area (Å²) in [5.41, 5.74) is 4.28. The number of amides is 1. The molecule has 0 aliphatic heterocycles. The maximum Gasteiger partial charge on any atom is 0.239 e. The quantitative estimate of drug-likeness (QED) is 0.887. The second-order valence-corrected chi connectivity index (χ2v) is 7.78. The molecule has 0 bridgehead atoms. The van der Waals surface area contributed by atoms with Crippen molar-refractivity contribution < 1.29 is 4.79 Å². The Morgan fingerprint density at radius 2 is 2.08 bits per heavy atom. The molecule has 1 aromatic heterocycles. The molecule has 5 heteroatoms. The van der Waals surface area contributed by atoms with Gasteiger partial charge in [-0.05, 0) is 56.3 Å². The van der Waals surface area contributed by atoms with Crippen molar-refractivity contribution in [3.63, 3.8) is 0 Å². The molecule has 0 spiro atoms. The van der Waals surface area contributed by atoms with Gasteiger partial charge in [0, 0.05) is 11.4 Å². The number of hydrogen-bond donors (Lipinski definition) is 1. The van der Waals surface area contributed by atoms with E-state index in [-0.39, 0.29) is 5.91 Å². The first-order chi connectivity index (χ1) is 12.1. The highest BCUT2D eigenvalue weighted by Gasteiger charge is 2.22. The summed E-state index contributed by atoms with van der Waals surface area (Å²) < 4.78 is 0. The minimum absolute atomic E-state index is 0.0637. The Balaban J connectivity index is 1.64. The molecule has 130 valence electrons. The van der Waals surface area contributed by atoms with Crippen LogP contribution in [-0.2, 0) is 24.2 Å². The van der Waals surface area contributed by atoms with Crippen LogP contribution in [0.1, 0.15) is 40.0 Å². The van der Waals surface area contributed by atoms with E-state index in [1.54, 1.807) is 11.3 Å². The van der Waals surface area contributed by atoms with Gasteiger partial charge in [0.2, 0.25) is 5.91 Å². The highest BCUT2D eigenvalue weighted by Crippen LogP contribution is 2.37. The van der Waals surface area contributed by atoms with E-state index in [0.717, 1.165) is 36.4 Å². The van der Waals surface area contributed by atoms with Crippen molar-refractivity contribution in [3.8, 4) is 6.07 Å². The number of fused-ring (bicyclic) bond motifs is 1. The third-order valence-corrected chi connectivity index (χ3v) is 5.86. The number of nitriles is 1. The van der Waals surface area contributed by atoms with Gasteiger partial charge in [-0.15, -0.1) is 11.3 Å². The Morgan fingerprint density at radius 1 is 1.32 bits per heavy atom. The van der Waals surface area contributed by atoms with Gasteiger partial charge < -0.3 is 5.32 Å². The van der Waals surface area contributed by atoms with E-state index in [0.29, 0.717) is 12.1 Å². The summed E-state index contributed by atoms with van der Waals surface area (Å²) in [6.07, 6.45) is 4.28. The minimum atomic E-state index is -0.0637. The molecule has 0 saturated carbocycles. The monoisotopic (exact) mass is 353 g/mol. The molecule has 25 heavy (non-hydrogen) atoms. The Kier molecular flexibility index (Phi) is 5.52. The summed E-state index contributed by atoms with van der Waals surface area (Å²) in [5.74, 6) is -0.0637. The molecule has 1 aromatic carbocycles. The van der Waals surface area contributed by atoms with Crippen molar-refractivity contribution >= 4 is 22.2 Å². The number of nitrogens with zero attached hydrogens (tertiary/aromatic N) is 2. The first kappa shape index (κ1) is 17.7. The molecule has 0 atom stereocenters. The number of anilines is 1. The fraction of sp³-hybridized carbons (Fsp3) is 0.400. The van der Waals surface area contributed by atoms with E-state index in [1.807, 2.05) is 24.1 Å². The standard InChI is InChI=1S/C20H23N3OS/c1-14-7-3-4-8-15(14)12-23(2)13-19(24)22-20-17(11-21)16-9-5-6-10-18(16)25-20/h3-4,7-8H,5-6,9-10,12-13H2,1-2H3,(H,22,24). The highest BCUT2D eigenvalue weighted by atomic mass is 32.1. The number of rotatable bonds is 5. The van der Waals surface area contributed by atoms with Crippen molar-refractivity contribution in [1.82, 2.24) is 4.90 Å².